The maximum Gasteiger partial charge on any atom is 0.397 e. The molecule has 5 nitrogen and oxygen atoms in total. The van der Waals surface area contributed by atoms with E-state index in [-0.39, 0.29) is 24.8 Å². The minimum atomic E-state index is -4.50. The third-order valence-electron chi connectivity index (χ3n) is 2.40. The number of alkyl halides is 3. The van der Waals surface area contributed by atoms with Crippen LogP contribution in [0.1, 0.15) is 25.7 Å². The summed E-state index contributed by atoms with van der Waals surface area (Å²) in [6, 6.07) is -0.128. The molecule has 1 amide bonds. The van der Waals surface area contributed by atoms with Crippen LogP contribution >= 0.6 is 0 Å². The van der Waals surface area contributed by atoms with E-state index in [9.17, 15) is 18.0 Å². The van der Waals surface area contributed by atoms with Crippen molar-refractivity contribution in [3.05, 3.63) is 0 Å². The maximum atomic E-state index is 12.1. The van der Waals surface area contributed by atoms with E-state index in [2.05, 4.69) is 5.16 Å². The molecule has 0 aromatic carbocycles. The summed E-state index contributed by atoms with van der Waals surface area (Å²) in [5.74, 6) is -1.05. The van der Waals surface area contributed by atoms with E-state index < -0.39 is 18.5 Å². The molecular weight excluding hydrogens is 239 g/mol. The van der Waals surface area contributed by atoms with Crippen LogP contribution in [0.4, 0.5) is 13.2 Å². The number of carbonyl (C=O) groups is 1. The number of nitrogens with zero attached hydrogens (tertiary/aromatic N) is 2. The number of nitrogens with two attached hydrogens (primary N) is 1. The Balaban J connectivity index is 2.51. The predicted octanol–water partition coefficient (Wildman–Crippen LogP) is 1.07. The van der Waals surface area contributed by atoms with Gasteiger partial charge in [-0.3, -0.25) is 4.79 Å². The summed E-state index contributed by atoms with van der Waals surface area (Å²) in [6.07, 6.45) is -4.48. The molecule has 0 aromatic heterocycles. The summed E-state index contributed by atoms with van der Waals surface area (Å²) in [7, 11) is 0. The van der Waals surface area contributed by atoms with Gasteiger partial charge in [-0.2, -0.15) is 13.2 Å². The Morgan fingerprint density at radius 1 is 1.47 bits per heavy atom. The number of halogens is 3. The van der Waals surface area contributed by atoms with Crippen LogP contribution in [0, 0.1) is 0 Å². The SMILES string of the molecule is N/C(CCN(C(=O)CC(F)(F)F)C1CC1)=N/O. The summed E-state index contributed by atoms with van der Waals surface area (Å²) in [4.78, 5) is 12.6. The van der Waals surface area contributed by atoms with Crippen LogP contribution in [-0.4, -0.2) is 40.6 Å². The summed E-state index contributed by atoms with van der Waals surface area (Å²) < 4.78 is 36.2. The van der Waals surface area contributed by atoms with E-state index in [1.807, 2.05) is 0 Å². The lowest BCUT2D eigenvalue weighted by Gasteiger charge is -2.22. The summed E-state index contributed by atoms with van der Waals surface area (Å²) in [5, 5.41) is 11.0. The average Bonchev–Trinajstić information content (AvgIpc) is 2.99. The van der Waals surface area contributed by atoms with Crippen LogP contribution in [0.25, 0.3) is 0 Å². The number of oxime groups is 1. The van der Waals surface area contributed by atoms with Crippen LogP contribution in [-0.2, 0) is 4.79 Å². The minimum Gasteiger partial charge on any atom is -0.409 e. The van der Waals surface area contributed by atoms with Crippen LogP contribution in [0.15, 0.2) is 5.16 Å². The molecule has 0 saturated heterocycles. The van der Waals surface area contributed by atoms with Crippen molar-refractivity contribution >= 4 is 11.7 Å². The Hall–Kier alpha value is -1.47. The topological polar surface area (TPSA) is 78.9 Å². The molecule has 1 aliphatic rings. The van der Waals surface area contributed by atoms with E-state index in [4.69, 9.17) is 10.9 Å². The van der Waals surface area contributed by atoms with E-state index in [1.165, 1.54) is 0 Å². The van der Waals surface area contributed by atoms with Crippen molar-refractivity contribution in [1.82, 2.24) is 4.90 Å². The van der Waals surface area contributed by atoms with Gasteiger partial charge in [0.25, 0.3) is 0 Å². The van der Waals surface area contributed by atoms with Crippen molar-refractivity contribution in [2.45, 2.75) is 37.9 Å². The van der Waals surface area contributed by atoms with Gasteiger partial charge in [-0.05, 0) is 12.8 Å². The zero-order chi connectivity index (χ0) is 13.1. The molecule has 3 N–H and O–H groups in total. The molecule has 0 atom stereocenters. The van der Waals surface area contributed by atoms with Gasteiger partial charge in [0.2, 0.25) is 5.91 Å². The normalized spacial score (nSPS) is 17.0. The van der Waals surface area contributed by atoms with Crippen LogP contribution < -0.4 is 5.73 Å². The van der Waals surface area contributed by atoms with Crippen molar-refractivity contribution in [1.29, 1.82) is 0 Å². The van der Waals surface area contributed by atoms with Crippen LogP contribution in [0.3, 0.4) is 0 Å². The monoisotopic (exact) mass is 253 g/mol. The molecule has 1 fully saturated rings. The molecule has 0 aliphatic heterocycles. The molecule has 0 unspecified atom stereocenters. The number of carbonyl (C=O) groups excluding carboxylic acids is 1. The Morgan fingerprint density at radius 3 is 2.47 bits per heavy atom. The standard InChI is InChI=1S/C9H14F3N3O2/c10-9(11,12)5-8(16)15(6-1-2-6)4-3-7(13)14-17/h6,17H,1-5H2,(H2,13,14). The summed E-state index contributed by atoms with van der Waals surface area (Å²) >= 11 is 0. The van der Waals surface area contributed by atoms with Gasteiger partial charge in [0, 0.05) is 19.0 Å². The predicted molar refractivity (Wildman–Crippen MR) is 53.4 cm³/mol. The van der Waals surface area contributed by atoms with Gasteiger partial charge in [-0.25, -0.2) is 0 Å². The van der Waals surface area contributed by atoms with Gasteiger partial charge >= 0.3 is 6.18 Å². The third-order valence-corrected chi connectivity index (χ3v) is 2.40. The zero-order valence-electron chi connectivity index (χ0n) is 9.07. The van der Waals surface area contributed by atoms with E-state index in [0.717, 1.165) is 4.90 Å². The number of rotatable bonds is 5. The van der Waals surface area contributed by atoms with Crippen molar-refractivity contribution in [2.24, 2.45) is 10.9 Å². The molecule has 1 aliphatic carbocycles. The third kappa shape index (κ3) is 4.92. The maximum absolute atomic E-state index is 12.1. The van der Waals surface area contributed by atoms with Crippen molar-refractivity contribution in [3.63, 3.8) is 0 Å². The Bertz CT molecular complexity index is 313. The molecular formula is C9H14F3N3O2. The Labute approximate surface area is 96.1 Å². The second-order valence-corrected chi connectivity index (χ2v) is 3.95. The first-order chi connectivity index (χ1) is 7.83. The highest BCUT2D eigenvalue weighted by atomic mass is 19.4. The van der Waals surface area contributed by atoms with Crippen molar-refractivity contribution in [2.75, 3.05) is 6.54 Å². The van der Waals surface area contributed by atoms with E-state index >= 15 is 0 Å². The molecule has 0 bridgehead atoms. The van der Waals surface area contributed by atoms with Gasteiger partial charge in [0.05, 0.1) is 0 Å². The largest absolute Gasteiger partial charge is 0.409 e. The number of amidine groups is 1. The number of amides is 1. The number of hydrogen-bond donors (Lipinski definition) is 2. The fourth-order valence-corrected chi connectivity index (χ4v) is 1.46. The summed E-state index contributed by atoms with van der Waals surface area (Å²) in [6.45, 7) is 0.0511. The first-order valence-corrected chi connectivity index (χ1v) is 5.16. The quantitative estimate of drug-likeness (QED) is 0.333. The van der Waals surface area contributed by atoms with Crippen molar-refractivity contribution < 1.29 is 23.2 Å². The highest BCUT2D eigenvalue weighted by Gasteiger charge is 2.38. The molecule has 0 aromatic rings. The lowest BCUT2D eigenvalue weighted by molar-refractivity contribution is -0.161. The average molecular weight is 253 g/mol. The molecule has 8 heteroatoms. The molecule has 0 radical (unpaired) electrons. The van der Waals surface area contributed by atoms with E-state index in [1.54, 1.807) is 0 Å². The van der Waals surface area contributed by atoms with E-state index in [0.29, 0.717) is 12.8 Å². The van der Waals surface area contributed by atoms with Gasteiger partial charge < -0.3 is 15.8 Å². The lowest BCUT2D eigenvalue weighted by Crippen LogP contribution is -2.38. The second kappa shape index (κ2) is 5.24. The van der Waals surface area contributed by atoms with Gasteiger partial charge in [-0.1, -0.05) is 5.16 Å². The van der Waals surface area contributed by atoms with Gasteiger partial charge in [0.15, 0.2) is 0 Å². The van der Waals surface area contributed by atoms with Crippen molar-refractivity contribution in [3.8, 4) is 0 Å². The van der Waals surface area contributed by atoms with Gasteiger partial charge in [0.1, 0.15) is 12.3 Å². The molecule has 1 saturated carbocycles. The second-order valence-electron chi connectivity index (χ2n) is 3.95. The van der Waals surface area contributed by atoms with Gasteiger partial charge in [-0.15, -0.1) is 0 Å². The smallest absolute Gasteiger partial charge is 0.397 e. The first kappa shape index (κ1) is 13.6. The first-order valence-electron chi connectivity index (χ1n) is 5.16. The Morgan fingerprint density at radius 2 is 2.06 bits per heavy atom. The fourth-order valence-electron chi connectivity index (χ4n) is 1.46. The summed E-state index contributed by atoms with van der Waals surface area (Å²) in [5.41, 5.74) is 5.21. The highest BCUT2D eigenvalue weighted by molar-refractivity contribution is 5.81. The van der Waals surface area contributed by atoms with Crippen LogP contribution in [0.2, 0.25) is 0 Å². The van der Waals surface area contributed by atoms with Crippen LogP contribution in [0.5, 0.6) is 0 Å². The Kier molecular flexibility index (Phi) is 4.19. The zero-order valence-corrected chi connectivity index (χ0v) is 9.07. The number of hydrogen-bond acceptors (Lipinski definition) is 3. The lowest BCUT2D eigenvalue weighted by atomic mass is 10.3. The minimum absolute atomic E-state index is 0.0511. The fraction of sp³-hybridized carbons (Fsp3) is 0.778. The molecule has 1 rings (SSSR count). The molecule has 0 heterocycles. The molecule has 0 spiro atoms. The highest BCUT2D eigenvalue weighted by Crippen LogP contribution is 2.30. The molecule has 98 valence electrons. The molecule has 17 heavy (non-hydrogen) atoms.